The lowest BCUT2D eigenvalue weighted by molar-refractivity contribution is -0.129. The van der Waals surface area contributed by atoms with Gasteiger partial charge in [-0.25, -0.2) is 9.18 Å². The number of carbonyl (C=O) groups is 4. The molecule has 0 bridgehead atoms. The second-order valence-corrected chi connectivity index (χ2v) is 7.15. The number of hydrogen-bond acceptors (Lipinski definition) is 5. The number of anilines is 1. The van der Waals surface area contributed by atoms with Gasteiger partial charge in [-0.3, -0.25) is 19.3 Å². The highest BCUT2D eigenvalue weighted by Gasteiger charge is 2.29. The van der Waals surface area contributed by atoms with E-state index in [1.807, 2.05) is 0 Å². The summed E-state index contributed by atoms with van der Waals surface area (Å²) >= 11 is 0. The van der Waals surface area contributed by atoms with Crippen LogP contribution in [0.2, 0.25) is 0 Å². The molecular formula is C26H22FNO5. The standard InChI is InChI=1S/C26H22FNO5/c1-2-33-26(32)20-10-14-22(15-11-20)28(25(31)17-29)23(18-8-12-21(27)13-9-18)16-24(30)19-6-4-3-5-7-19/h3-15,17,23H,2,16H2,1H3. The van der Waals surface area contributed by atoms with Crippen molar-refractivity contribution in [3.63, 3.8) is 0 Å². The molecule has 33 heavy (non-hydrogen) atoms. The molecule has 0 spiro atoms. The summed E-state index contributed by atoms with van der Waals surface area (Å²) in [5.41, 5.74) is 1.50. The first-order valence-corrected chi connectivity index (χ1v) is 10.3. The average Bonchev–Trinajstić information content (AvgIpc) is 2.85. The Kier molecular flexibility index (Phi) is 7.81. The fourth-order valence-electron chi connectivity index (χ4n) is 3.45. The lowest BCUT2D eigenvalue weighted by Gasteiger charge is -2.31. The molecule has 1 amide bonds. The molecule has 0 aliphatic heterocycles. The van der Waals surface area contributed by atoms with Crippen LogP contribution < -0.4 is 4.90 Å². The summed E-state index contributed by atoms with van der Waals surface area (Å²) in [6, 6.07) is 19.0. The number of halogens is 1. The Balaban J connectivity index is 2.03. The van der Waals surface area contributed by atoms with Crippen molar-refractivity contribution in [2.75, 3.05) is 11.5 Å². The predicted octanol–water partition coefficient (Wildman–Crippen LogP) is 4.55. The maximum absolute atomic E-state index is 13.6. The minimum absolute atomic E-state index is 0.144. The van der Waals surface area contributed by atoms with Crippen LogP contribution in [-0.2, 0) is 14.3 Å². The number of rotatable bonds is 9. The van der Waals surface area contributed by atoms with Crippen LogP contribution in [0, 0.1) is 5.82 Å². The van der Waals surface area contributed by atoms with Crippen molar-refractivity contribution in [1.82, 2.24) is 0 Å². The van der Waals surface area contributed by atoms with Gasteiger partial charge in [0.2, 0.25) is 6.29 Å². The third kappa shape index (κ3) is 5.77. The molecule has 7 heteroatoms. The van der Waals surface area contributed by atoms with Gasteiger partial charge < -0.3 is 4.74 Å². The van der Waals surface area contributed by atoms with E-state index in [0.29, 0.717) is 16.8 Å². The van der Waals surface area contributed by atoms with Gasteiger partial charge in [-0.2, -0.15) is 0 Å². The number of benzene rings is 3. The topological polar surface area (TPSA) is 80.8 Å². The average molecular weight is 447 g/mol. The van der Waals surface area contributed by atoms with Gasteiger partial charge >= 0.3 is 5.97 Å². The highest BCUT2D eigenvalue weighted by molar-refractivity contribution is 6.30. The Hall–Kier alpha value is -4.13. The number of hydrogen-bond donors (Lipinski definition) is 0. The Labute approximate surface area is 190 Å². The molecule has 0 aliphatic rings. The normalized spacial score (nSPS) is 11.3. The van der Waals surface area contributed by atoms with Crippen LogP contribution in [0.5, 0.6) is 0 Å². The maximum Gasteiger partial charge on any atom is 0.338 e. The Morgan fingerprint density at radius 3 is 2.12 bits per heavy atom. The van der Waals surface area contributed by atoms with Crippen LogP contribution in [0.3, 0.4) is 0 Å². The highest BCUT2D eigenvalue weighted by atomic mass is 19.1. The van der Waals surface area contributed by atoms with E-state index in [9.17, 15) is 23.6 Å². The van der Waals surface area contributed by atoms with E-state index in [2.05, 4.69) is 0 Å². The van der Waals surface area contributed by atoms with Gasteiger partial charge in [0.25, 0.3) is 5.91 Å². The number of aldehydes is 1. The minimum atomic E-state index is -0.885. The number of Topliss-reactive ketones (excluding diaryl/α,β-unsaturated/α-hetero) is 1. The van der Waals surface area contributed by atoms with E-state index >= 15 is 0 Å². The maximum atomic E-state index is 13.6. The van der Waals surface area contributed by atoms with Crippen LogP contribution in [0.25, 0.3) is 0 Å². The summed E-state index contributed by atoms with van der Waals surface area (Å²) in [7, 11) is 0. The number of carbonyl (C=O) groups excluding carboxylic acids is 4. The number of ether oxygens (including phenoxy) is 1. The van der Waals surface area contributed by atoms with Crippen molar-refractivity contribution < 1.29 is 28.3 Å². The van der Waals surface area contributed by atoms with Crippen molar-refractivity contribution in [3.05, 3.63) is 101 Å². The monoisotopic (exact) mass is 447 g/mol. The Bertz CT molecular complexity index is 1130. The molecule has 3 rings (SSSR count). The van der Waals surface area contributed by atoms with Gasteiger partial charge in [-0.1, -0.05) is 42.5 Å². The van der Waals surface area contributed by atoms with Gasteiger partial charge in [-0.15, -0.1) is 0 Å². The molecular weight excluding hydrogens is 425 g/mol. The quantitative estimate of drug-likeness (QED) is 0.208. The second kappa shape index (κ2) is 10.9. The van der Waals surface area contributed by atoms with Gasteiger partial charge in [-0.05, 0) is 48.9 Å². The third-order valence-corrected chi connectivity index (χ3v) is 5.04. The first kappa shape index (κ1) is 23.5. The van der Waals surface area contributed by atoms with Crippen LogP contribution in [0.15, 0.2) is 78.9 Å². The fraction of sp³-hybridized carbons (Fsp3) is 0.154. The van der Waals surface area contributed by atoms with E-state index in [-0.39, 0.29) is 30.7 Å². The van der Waals surface area contributed by atoms with Crippen LogP contribution in [0.1, 0.15) is 45.7 Å². The minimum Gasteiger partial charge on any atom is -0.462 e. The molecule has 0 N–H and O–H groups in total. The van der Waals surface area contributed by atoms with Crippen LogP contribution in [-0.4, -0.2) is 30.6 Å². The molecule has 0 saturated heterocycles. The first-order valence-electron chi connectivity index (χ1n) is 10.3. The molecule has 3 aromatic rings. The van der Waals surface area contributed by atoms with Gasteiger partial charge in [0.15, 0.2) is 5.78 Å². The zero-order valence-corrected chi connectivity index (χ0v) is 17.9. The fourth-order valence-corrected chi connectivity index (χ4v) is 3.45. The van der Waals surface area contributed by atoms with Crippen molar-refractivity contribution >= 4 is 29.6 Å². The van der Waals surface area contributed by atoms with E-state index in [0.717, 1.165) is 0 Å². The summed E-state index contributed by atoms with van der Waals surface area (Å²) in [5, 5.41) is 0. The SMILES string of the molecule is CCOC(=O)c1ccc(N(C(=O)C=O)C(CC(=O)c2ccccc2)c2ccc(F)cc2)cc1. The molecule has 0 aromatic heterocycles. The Morgan fingerprint density at radius 2 is 1.55 bits per heavy atom. The molecule has 168 valence electrons. The largest absolute Gasteiger partial charge is 0.462 e. The van der Waals surface area contributed by atoms with Crippen molar-refractivity contribution in [2.24, 2.45) is 0 Å². The number of ketones is 1. The van der Waals surface area contributed by atoms with Gasteiger partial charge in [0.1, 0.15) is 5.82 Å². The molecule has 1 atom stereocenters. The first-order chi connectivity index (χ1) is 15.9. The van der Waals surface area contributed by atoms with E-state index in [4.69, 9.17) is 4.74 Å². The molecule has 0 fully saturated rings. The van der Waals surface area contributed by atoms with Gasteiger partial charge in [0.05, 0.1) is 18.2 Å². The van der Waals surface area contributed by atoms with Crippen LogP contribution in [0.4, 0.5) is 10.1 Å². The Morgan fingerprint density at radius 1 is 0.909 bits per heavy atom. The number of esters is 1. The predicted molar refractivity (Wildman–Crippen MR) is 120 cm³/mol. The molecule has 0 saturated carbocycles. The lowest BCUT2D eigenvalue weighted by atomic mass is 9.95. The molecule has 3 aromatic carbocycles. The zero-order chi connectivity index (χ0) is 23.8. The summed E-state index contributed by atoms with van der Waals surface area (Å²) < 4.78 is 18.5. The van der Waals surface area contributed by atoms with Gasteiger partial charge in [0, 0.05) is 17.7 Å². The van der Waals surface area contributed by atoms with E-state index < -0.39 is 23.7 Å². The van der Waals surface area contributed by atoms with E-state index in [1.54, 1.807) is 37.3 Å². The lowest BCUT2D eigenvalue weighted by Crippen LogP contribution is -2.37. The van der Waals surface area contributed by atoms with E-state index in [1.165, 1.54) is 53.4 Å². The molecule has 0 heterocycles. The summed E-state index contributed by atoms with van der Waals surface area (Å²) in [4.78, 5) is 50.4. The summed E-state index contributed by atoms with van der Waals surface area (Å²) in [6.45, 7) is 1.90. The molecule has 1 unspecified atom stereocenters. The third-order valence-electron chi connectivity index (χ3n) is 5.04. The number of amides is 1. The second-order valence-electron chi connectivity index (χ2n) is 7.15. The van der Waals surface area contributed by atoms with Crippen LogP contribution >= 0.6 is 0 Å². The van der Waals surface area contributed by atoms with Crippen molar-refractivity contribution in [3.8, 4) is 0 Å². The summed E-state index contributed by atoms with van der Waals surface area (Å²) in [5.74, 6) is -2.13. The molecule has 0 radical (unpaired) electrons. The van der Waals surface area contributed by atoms with Crippen molar-refractivity contribution in [2.45, 2.75) is 19.4 Å². The highest BCUT2D eigenvalue weighted by Crippen LogP contribution is 2.32. The number of nitrogens with zero attached hydrogens (tertiary/aromatic N) is 1. The zero-order valence-electron chi connectivity index (χ0n) is 17.9. The smallest absolute Gasteiger partial charge is 0.338 e. The molecule has 0 aliphatic carbocycles. The summed E-state index contributed by atoms with van der Waals surface area (Å²) in [6.07, 6.45) is 0.0115. The molecule has 6 nitrogen and oxygen atoms in total. The van der Waals surface area contributed by atoms with Crippen molar-refractivity contribution in [1.29, 1.82) is 0 Å².